The van der Waals surface area contributed by atoms with E-state index in [1.165, 1.54) is 32.7 Å². The fourth-order valence-corrected chi connectivity index (χ4v) is 6.63. The Balaban J connectivity index is 1.87. The Morgan fingerprint density at radius 2 is 1.61 bits per heavy atom. The fraction of sp³-hybridized carbons (Fsp3) is 0.227. The predicted molar refractivity (Wildman–Crippen MR) is 117 cm³/mol. The summed E-state index contributed by atoms with van der Waals surface area (Å²) in [6.45, 7) is 0. The minimum Gasteiger partial charge on any atom is -0.496 e. The van der Waals surface area contributed by atoms with Gasteiger partial charge in [0.25, 0.3) is 0 Å². The Hall–Kier alpha value is -3.04. The first-order chi connectivity index (χ1) is 14.9. The number of carbonyl (C=O) groups excluding carboxylic acids is 1. The van der Waals surface area contributed by atoms with E-state index in [2.05, 4.69) is 5.32 Å². The Morgan fingerprint density at radius 1 is 0.968 bits per heavy atom. The fourth-order valence-electron chi connectivity index (χ4n) is 3.71. The lowest BCUT2D eigenvalue weighted by Crippen LogP contribution is -2.23. The largest absolute Gasteiger partial charge is 0.496 e. The summed E-state index contributed by atoms with van der Waals surface area (Å²) < 4.78 is 42.8. The van der Waals surface area contributed by atoms with Crippen LogP contribution in [0.25, 0.3) is 0 Å². The quantitative estimate of drug-likeness (QED) is 0.597. The second kappa shape index (κ2) is 8.24. The molecular formula is C22H21NO6S2. The summed E-state index contributed by atoms with van der Waals surface area (Å²) in [6, 6.07) is 11.6. The van der Waals surface area contributed by atoms with Crippen molar-refractivity contribution in [3.8, 4) is 17.2 Å². The Bertz CT molecular complexity index is 1230. The third kappa shape index (κ3) is 3.64. The number of carbonyl (C=O) groups is 1. The molecule has 0 saturated heterocycles. The molecule has 2 heterocycles. The van der Waals surface area contributed by atoms with Gasteiger partial charge < -0.3 is 19.5 Å². The van der Waals surface area contributed by atoms with Crippen molar-refractivity contribution in [2.45, 2.75) is 22.1 Å². The summed E-state index contributed by atoms with van der Waals surface area (Å²) in [4.78, 5) is 13.6. The highest BCUT2D eigenvalue weighted by molar-refractivity contribution is 7.91. The number of hydrogen-bond donors (Lipinski definition) is 1. The highest BCUT2D eigenvalue weighted by Gasteiger charge is 2.36. The van der Waals surface area contributed by atoms with E-state index in [0.29, 0.717) is 22.9 Å². The summed E-state index contributed by atoms with van der Waals surface area (Å²) in [5, 5.41) is 4.35. The maximum Gasteiger partial charge on any atom is 0.225 e. The second-order valence-electron chi connectivity index (χ2n) is 6.91. The van der Waals surface area contributed by atoms with Gasteiger partial charge in [0.05, 0.1) is 31.9 Å². The number of methoxy groups -OCH3 is 3. The van der Waals surface area contributed by atoms with Crippen LogP contribution < -0.4 is 19.5 Å². The van der Waals surface area contributed by atoms with Crippen molar-refractivity contribution in [3.05, 3.63) is 58.3 Å². The molecule has 1 aromatic heterocycles. The number of benzene rings is 2. The number of rotatable bonds is 6. The van der Waals surface area contributed by atoms with Crippen LogP contribution in [0, 0.1) is 0 Å². The lowest BCUT2D eigenvalue weighted by molar-refractivity contribution is -0.116. The summed E-state index contributed by atoms with van der Waals surface area (Å²) in [7, 11) is 0.812. The van der Waals surface area contributed by atoms with Crippen molar-refractivity contribution in [3.63, 3.8) is 0 Å². The van der Waals surface area contributed by atoms with E-state index in [9.17, 15) is 13.2 Å². The first kappa shape index (κ1) is 21.2. The minimum atomic E-state index is -3.79. The highest BCUT2D eigenvalue weighted by atomic mass is 32.2. The standard InChI is InChI=1S/C22H21NO6S2/c1-27-16-11-18(29-3)17(28-2)9-14(16)15-10-20(24)23-21-19(12-30-22(15)21)31(25,26)13-7-5-4-6-8-13/h4-9,11-12,15H,10H2,1-3H3,(H,23,24)/t15-/m1/s1. The maximum absolute atomic E-state index is 13.2. The molecule has 1 aliphatic rings. The van der Waals surface area contributed by atoms with Gasteiger partial charge in [-0.25, -0.2) is 8.42 Å². The number of thiophene rings is 1. The van der Waals surface area contributed by atoms with Crippen LogP contribution in [-0.4, -0.2) is 35.7 Å². The number of ether oxygens (including phenoxy) is 3. The van der Waals surface area contributed by atoms with Gasteiger partial charge in [-0.3, -0.25) is 4.79 Å². The van der Waals surface area contributed by atoms with Crippen molar-refractivity contribution < 1.29 is 27.4 Å². The molecule has 3 aromatic rings. The number of hydrogen-bond acceptors (Lipinski definition) is 7. The lowest BCUT2D eigenvalue weighted by Gasteiger charge is -2.26. The van der Waals surface area contributed by atoms with Crippen LogP contribution in [0.2, 0.25) is 0 Å². The molecule has 0 unspecified atom stereocenters. The molecule has 0 bridgehead atoms. The van der Waals surface area contributed by atoms with Crippen LogP contribution in [-0.2, 0) is 14.6 Å². The van der Waals surface area contributed by atoms with Crippen LogP contribution in [0.3, 0.4) is 0 Å². The van der Waals surface area contributed by atoms with Gasteiger partial charge in [-0.05, 0) is 18.2 Å². The average molecular weight is 460 g/mol. The number of nitrogens with one attached hydrogen (secondary N) is 1. The van der Waals surface area contributed by atoms with Gasteiger partial charge in [-0.1, -0.05) is 18.2 Å². The summed E-state index contributed by atoms with van der Waals surface area (Å²) >= 11 is 1.30. The molecular weight excluding hydrogens is 438 g/mol. The Morgan fingerprint density at radius 3 is 2.26 bits per heavy atom. The van der Waals surface area contributed by atoms with Gasteiger partial charge in [0.1, 0.15) is 10.6 Å². The van der Waals surface area contributed by atoms with Gasteiger partial charge in [0.2, 0.25) is 15.7 Å². The van der Waals surface area contributed by atoms with E-state index in [1.807, 2.05) is 0 Å². The topological polar surface area (TPSA) is 90.9 Å². The third-order valence-electron chi connectivity index (χ3n) is 5.21. The molecule has 162 valence electrons. The van der Waals surface area contributed by atoms with E-state index in [-0.39, 0.29) is 28.0 Å². The van der Waals surface area contributed by atoms with E-state index in [0.717, 1.165) is 10.4 Å². The molecule has 9 heteroatoms. The summed E-state index contributed by atoms with van der Waals surface area (Å²) in [5.74, 6) is 0.881. The van der Waals surface area contributed by atoms with Gasteiger partial charge in [0.15, 0.2) is 11.5 Å². The summed E-state index contributed by atoms with van der Waals surface area (Å²) in [6.07, 6.45) is 0.157. The Kier molecular flexibility index (Phi) is 5.63. The van der Waals surface area contributed by atoms with E-state index >= 15 is 0 Å². The first-order valence-electron chi connectivity index (χ1n) is 9.42. The molecule has 1 atom stereocenters. The maximum atomic E-state index is 13.2. The third-order valence-corrected chi connectivity index (χ3v) is 8.25. The van der Waals surface area contributed by atoms with Crippen molar-refractivity contribution in [2.75, 3.05) is 26.6 Å². The average Bonchev–Trinajstić information content (AvgIpc) is 3.22. The van der Waals surface area contributed by atoms with Crippen LogP contribution >= 0.6 is 11.3 Å². The second-order valence-corrected chi connectivity index (χ2v) is 9.74. The van der Waals surface area contributed by atoms with Gasteiger partial charge in [0, 0.05) is 34.2 Å². The predicted octanol–water partition coefficient (Wildman–Crippen LogP) is 4.08. The van der Waals surface area contributed by atoms with Crippen molar-refractivity contribution >= 4 is 32.8 Å². The Labute approximate surface area is 184 Å². The van der Waals surface area contributed by atoms with Crippen LogP contribution in [0.15, 0.2) is 57.6 Å². The normalized spacial score (nSPS) is 15.7. The van der Waals surface area contributed by atoms with Crippen LogP contribution in [0.1, 0.15) is 22.8 Å². The van der Waals surface area contributed by atoms with Crippen LogP contribution in [0.4, 0.5) is 5.69 Å². The van der Waals surface area contributed by atoms with E-state index < -0.39 is 9.84 Å². The van der Waals surface area contributed by atoms with E-state index in [1.54, 1.807) is 47.8 Å². The van der Waals surface area contributed by atoms with Gasteiger partial charge in [-0.2, -0.15) is 0 Å². The number of fused-ring (bicyclic) bond motifs is 1. The molecule has 1 amide bonds. The van der Waals surface area contributed by atoms with Gasteiger partial charge >= 0.3 is 0 Å². The number of anilines is 1. The zero-order valence-electron chi connectivity index (χ0n) is 17.2. The molecule has 0 spiro atoms. The van der Waals surface area contributed by atoms with Gasteiger partial charge in [-0.15, -0.1) is 11.3 Å². The number of amides is 1. The highest BCUT2D eigenvalue weighted by Crippen LogP contribution is 2.49. The zero-order valence-corrected chi connectivity index (χ0v) is 18.8. The molecule has 0 aliphatic carbocycles. The van der Waals surface area contributed by atoms with Crippen LogP contribution in [0.5, 0.6) is 17.2 Å². The molecule has 1 aliphatic heterocycles. The smallest absolute Gasteiger partial charge is 0.225 e. The molecule has 2 aromatic carbocycles. The molecule has 31 heavy (non-hydrogen) atoms. The SMILES string of the molecule is COc1cc(OC)c([C@H]2CC(=O)Nc3c(S(=O)(=O)c4ccccc4)csc32)cc1OC. The molecule has 7 nitrogen and oxygen atoms in total. The molecule has 0 saturated carbocycles. The van der Waals surface area contributed by atoms with E-state index in [4.69, 9.17) is 14.2 Å². The van der Waals surface area contributed by atoms with Crippen molar-refractivity contribution in [1.82, 2.24) is 0 Å². The van der Waals surface area contributed by atoms with Crippen molar-refractivity contribution in [1.29, 1.82) is 0 Å². The first-order valence-corrected chi connectivity index (χ1v) is 11.8. The monoisotopic (exact) mass is 459 g/mol. The number of sulfone groups is 1. The zero-order chi connectivity index (χ0) is 22.2. The molecule has 1 N–H and O–H groups in total. The summed E-state index contributed by atoms with van der Waals surface area (Å²) in [5.41, 5.74) is 1.05. The van der Waals surface area contributed by atoms with Crippen molar-refractivity contribution in [2.24, 2.45) is 0 Å². The molecule has 0 fully saturated rings. The lowest BCUT2D eigenvalue weighted by atomic mass is 9.89. The molecule has 4 rings (SSSR count). The molecule has 0 radical (unpaired) electrons. The minimum absolute atomic E-state index is 0.0937.